The molecule has 0 heterocycles. The van der Waals surface area contributed by atoms with Crippen LogP contribution in [-0.2, 0) is 9.47 Å². The molecule has 0 aromatic rings. The summed E-state index contributed by atoms with van der Waals surface area (Å²) in [6, 6.07) is 0. The van der Waals surface area contributed by atoms with Crippen molar-refractivity contribution < 1.29 is 14.6 Å². The van der Waals surface area contributed by atoms with E-state index in [1.54, 1.807) is 0 Å². The van der Waals surface area contributed by atoms with Gasteiger partial charge in [-0.05, 0) is 38.1 Å². The average molecular weight is 273 g/mol. The Labute approximate surface area is 117 Å². The van der Waals surface area contributed by atoms with Crippen LogP contribution in [0.4, 0.5) is 0 Å². The molecule has 1 aliphatic carbocycles. The summed E-state index contributed by atoms with van der Waals surface area (Å²) in [5, 5.41) is 13.2. The summed E-state index contributed by atoms with van der Waals surface area (Å²) in [6.07, 6.45) is 5.76. The zero-order valence-electron chi connectivity index (χ0n) is 12.6. The summed E-state index contributed by atoms with van der Waals surface area (Å²) in [5.41, 5.74) is -0.223. The second kappa shape index (κ2) is 9.70. The number of aliphatic hydroxyl groups excluding tert-OH is 1. The lowest BCUT2D eigenvalue weighted by molar-refractivity contribution is -0.00460. The molecule has 19 heavy (non-hydrogen) atoms. The van der Waals surface area contributed by atoms with Gasteiger partial charge in [0.1, 0.15) is 0 Å². The van der Waals surface area contributed by atoms with Crippen LogP contribution in [0.5, 0.6) is 0 Å². The molecule has 0 aromatic carbocycles. The van der Waals surface area contributed by atoms with Gasteiger partial charge in [-0.2, -0.15) is 0 Å². The highest BCUT2D eigenvalue weighted by molar-refractivity contribution is 5.00. The van der Waals surface area contributed by atoms with E-state index in [1.807, 2.05) is 0 Å². The molecule has 0 amide bonds. The first-order chi connectivity index (χ1) is 9.29. The molecular weight excluding hydrogens is 242 g/mol. The molecule has 114 valence electrons. The van der Waals surface area contributed by atoms with Crippen LogP contribution in [0.25, 0.3) is 0 Å². The molecule has 4 heteroatoms. The Balaban J connectivity index is 2.17. The number of aliphatic hydroxyl groups is 1. The molecule has 1 unspecified atom stereocenters. The van der Waals surface area contributed by atoms with Crippen LogP contribution in [0.2, 0.25) is 0 Å². The van der Waals surface area contributed by atoms with Crippen LogP contribution < -0.4 is 5.32 Å². The van der Waals surface area contributed by atoms with Crippen molar-refractivity contribution in [2.45, 2.75) is 51.5 Å². The van der Waals surface area contributed by atoms with E-state index in [2.05, 4.69) is 19.2 Å². The monoisotopic (exact) mass is 273 g/mol. The third kappa shape index (κ3) is 6.21. The average Bonchev–Trinajstić information content (AvgIpc) is 3.26. The van der Waals surface area contributed by atoms with E-state index in [4.69, 9.17) is 9.47 Å². The molecule has 0 spiro atoms. The molecule has 1 atom stereocenters. The standard InChI is InChI=1S/C15H31NO3/c1-3-5-9-18-10-11-19-13-15(12-17,14-6-7-14)16-8-4-2/h14,16-17H,3-13H2,1-2H3. The molecule has 1 rings (SSSR count). The Morgan fingerprint density at radius 1 is 1.11 bits per heavy atom. The van der Waals surface area contributed by atoms with Gasteiger partial charge in [0.2, 0.25) is 0 Å². The van der Waals surface area contributed by atoms with Crippen LogP contribution in [0.1, 0.15) is 46.0 Å². The Kier molecular flexibility index (Phi) is 8.62. The number of hydrogen-bond donors (Lipinski definition) is 2. The fourth-order valence-corrected chi connectivity index (χ4v) is 2.27. The first-order valence-electron chi connectivity index (χ1n) is 7.80. The fraction of sp³-hybridized carbons (Fsp3) is 1.00. The SMILES string of the molecule is CCCCOCCOCC(CO)(NCCC)C1CC1. The normalized spacial score (nSPS) is 18.5. The lowest BCUT2D eigenvalue weighted by Crippen LogP contribution is -2.54. The van der Waals surface area contributed by atoms with Gasteiger partial charge in [0.05, 0.1) is 32.0 Å². The van der Waals surface area contributed by atoms with Gasteiger partial charge in [-0.3, -0.25) is 0 Å². The summed E-state index contributed by atoms with van der Waals surface area (Å²) in [5.74, 6) is 0.574. The molecule has 0 aromatic heterocycles. The maximum Gasteiger partial charge on any atom is 0.0701 e. The van der Waals surface area contributed by atoms with Crippen molar-refractivity contribution in [3.05, 3.63) is 0 Å². The van der Waals surface area contributed by atoms with Crippen molar-refractivity contribution in [3.63, 3.8) is 0 Å². The topological polar surface area (TPSA) is 50.7 Å². The van der Waals surface area contributed by atoms with Crippen LogP contribution in [0.3, 0.4) is 0 Å². The minimum absolute atomic E-state index is 0.161. The van der Waals surface area contributed by atoms with E-state index >= 15 is 0 Å². The fourth-order valence-electron chi connectivity index (χ4n) is 2.27. The van der Waals surface area contributed by atoms with Crippen molar-refractivity contribution in [3.8, 4) is 0 Å². The third-order valence-corrected chi connectivity index (χ3v) is 3.74. The van der Waals surface area contributed by atoms with Crippen molar-refractivity contribution in [2.24, 2.45) is 5.92 Å². The predicted molar refractivity (Wildman–Crippen MR) is 77.4 cm³/mol. The molecule has 0 bridgehead atoms. The highest BCUT2D eigenvalue weighted by Crippen LogP contribution is 2.39. The van der Waals surface area contributed by atoms with Gasteiger partial charge in [0, 0.05) is 6.61 Å². The minimum atomic E-state index is -0.223. The predicted octanol–water partition coefficient (Wildman–Crippen LogP) is 1.96. The van der Waals surface area contributed by atoms with Gasteiger partial charge in [0.15, 0.2) is 0 Å². The maximum absolute atomic E-state index is 9.71. The van der Waals surface area contributed by atoms with Crippen LogP contribution in [-0.4, -0.2) is 50.2 Å². The molecule has 0 saturated heterocycles. The largest absolute Gasteiger partial charge is 0.394 e. The third-order valence-electron chi connectivity index (χ3n) is 3.74. The van der Waals surface area contributed by atoms with Gasteiger partial charge in [-0.25, -0.2) is 0 Å². The number of unbranched alkanes of at least 4 members (excludes halogenated alkanes) is 1. The van der Waals surface area contributed by atoms with Gasteiger partial charge >= 0.3 is 0 Å². The lowest BCUT2D eigenvalue weighted by atomic mass is 9.95. The van der Waals surface area contributed by atoms with E-state index in [-0.39, 0.29) is 12.1 Å². The quantitative estimate of drug-likeness (QED) is 0.504. The maximum atomic E-state index is 9.71. The summed E-state index contributed by atoms with van der Waals surface area (Å²) < 4.78 is 11.2. The number of ether oxygens (including phenoxy) is 2. The first kappa shape index (κ1) is 16.9. The zero-order valence-corrected chi connectivity index (χ0v) is 12.6. The Hall–Kier alpha value is -0.160. The van der Waals surface area contributed by atoms with E-state index in [0.29, 0.717) is 25.7 Å². The molecule has 4 nitrogen and oxygen atoms in total. The second-order valence-corrected chi connectivity index (χ2v) is 5.53. The van der Waals surface area contributed by atoms with Gasteiger partial charge in [-0.1, -0.05) is 20.3 Å². The molecular formula is C15H31NO3. The molecule has 2 N–H and O–H groups in total. The van der Waals surface area contributed by atoms with Gasteiger partial charge < -0.3 is 19.9 Å². The van der Waals surface area contributed by atoms with Gasteiger partial charge in [0.25, 0.3) is 0 Å². The van der Waals surface area contributed by atoms with Gasteiger partial charge in [-0.15, -0.1) is 0 Å². The molecule has 1 fully saturated rings. The Bertz CT molecular complexity index is 221. The van der Waals surface area contributed by atoms with E-state index in [1.165, 1.54) is 12.8 Å². The van der Waals surface area contributed by atoms with Crippen LogP contribution >= 0.6 is 0 Å². The highest BCUT2D eigenvalue weighted by atomic mass is 16.5. The summed E-state index contributed by atoms with van der Waals surface area (Å²) >= 11 is 0. The van der Waals surface area contributed by atoms with Crippen molar-refractivity contribution in [2.75, 3.05) is 39.6 Å². The van der Waals surface area contributed by atoms with Crippen molar-refractivity contribution in [1.29, 1.82) is 0 Å². The van der Waals surface area contributed by atoms with E-state index in [9.17, 15) is 5.11 Å². The first-order valence-corrected chi connectivity index (χ1v) is 7.80. The smallest absolute Gasteiger partial charge is 0.0701 e. The number of nitrogens with one attached hydrogen (secondary N) is 1. The number of rotatable bonds is 13. The molecule has 0 aliphatic heterocycles. The second-order valence-electron chi connectivity index (χ2n) is 5.53. The Morgan fingerprint density at radius 2 is 1.84 bits per heavy atom. The molecule has 1 aliphatic rings. The number of hydrogen-bond acceptors (Lipinski definition) is 4. The minimum Gasteiger partial charge on any atom is -0.394 e. The zero-order chi connectivity index (χ0) is 14.0. The highest BCUT2D eigenvalue weighted by Gasteiger charge is 2.44. The summed E-state index contributed by atoms with van der Waals surface area (Å²) in [4.78, 5) is 0. The van der Waals surface area contributed by atoms with Crippen LogP contribution in [0.15, 0.2) is 0 Å². The molecule has 0 radical (unpaired) electrons. The van der Waals surface area contributed by atoms with Crippen molar-refractivity contribution in [1.82, 2.24) is 5.32 Å². The van der Waals surface area contributed by atoms with E-state index in [0.717, 1.165) is 32.4 Å². The lowest BCUT2D eigenvalue weighted by Gasteiger charge is -2.33. The van der Waals surface area contributed by atoms with Crippen molar-refractivity contribution >= 4 is 0 Å². The summed E-state index contributed by atoms with van der Waals surface area (Å²) in [7, 11) is 0. The van der Waals surface area contributed by atoms with E-state index < -0.39 is 0 Å². The van der Waals surface area contributed by atoms with Crippen LogP contribution in [0, 0.1) is 5.92 Å². The Morgan fingerprint density at radius 3 is 2.42 bits per heavy atom. The summed E-state index contributed by atoms with van der Waals surface area (Å²) in [6.45, 7) is 8.08. The molecule has 1 saturated carbocycles.